The molecule has 0 aromatic heterocycles. The minimum absolute atomic E-state index is 0.441. The smallest absolute Gasteiger partial charge is 0.325 e. The Bertz CT molecular complexity index is 414. The summed E-state index contributed by atoms with van der Waals surface area (Å²) >= 11 is 1.77. The van der Waals surface area contributed by atoms with Crippen LogP contribution >= 0.6 is 11.8 Å². The third kappa shape index (κ3) is 3.06. The highest BCUT2D eigenvalue weighted by Crippen LogP contribution is 2.33. The predicted octanol–water partition coefficient (Wildman–Crippen LogP) is 3.02. The lowest BCUT2D eigenvalue weighted by Crippen LogP contribution is -2.32. The van der Waals surface area contributed by atoms with Crippen LogP contribution in [0.15, 0.2) is 29.2 Å². The number of carbonyl (C=O) groups is 1. The summed E-state index contributed by atoms with van der Waals surface area (Å²) in [5.74, 6) is 0.268. The molecular formula is C14H19NO2S. The van der Waals surface area contributed by atoms with E-state index in [1.807, 2.05) is 36.2 Å². The third-order valence-electron chi connectivity index (χ3n) is 3.27. The lowest BCUT2D eigenvalue weighted by Gasteiger charge is -2.24. The van der Waals surface area contributed by atoms with Crippen LogP contribution in [0.2, 0.25) is 0 Å². The number of carboxylic acid groups (broad SMARTS) is 1. The first kappa shape index (κ1) is 13.4. The first-order valence-corrected chi connectivity index (χ1v) is 7.29. The molecule has 3 nitrogen and oxygen atoms in total. The van der Waals surface area contributed by atoms with Crippen molar-refractivity contribution in [1.82, 2.24) is 4.90 Å². The Hall–Kier alpha value is -1.00. The molecule has 1 aromatic carbocycles. The van der Waals surface area contributed by atoms with Crippen LogP contribution in [-0.4, -0.2) is 34.8 Å². The van der Waals surface area contributed by atoms with Gasteiger partial charge < -0.3 is 5.11 Å². The van der Waals surface area contributed by atoms with Crippen molar-refractivity contribution in [2.45, 2.75) is 36.7 Å². The van der Waals surface area contributed by atoms with Crippen molar-refractivity contribution < 1.29 is 9.90 Å². The first-order valence-electron chi connectivity index (χ1n) is 6.31. The van der Waals surface area contributed by atoms with Gasteiger partial charge in [0.2, 0.25) is 0 Å². The van der Waals surface area contributed by atoms with E-state index in [1.165, 1.54) is 4.90 Å². The van der Waals surface area contributed by atoms with E-state index >= 15 is 0 Å². The van der Waals surface area contributed by atoms with Crippen molar-refractivity contribution >= 4 is 17.7 Å². The number of thioether (sulfide) groups is 1. The molecule has 1 atom stereocenters. The number of rotatable bonds is 6. The van der Waals surface area contributed by atoms with Gasteiger partial charge >= 0.3 is 5.97 Å². The summed E-state index contributed by atoms with van der Waals surface area (Å²) in [5, 5.41) is 9.40. The average Bonchev–Trinajstić information content (AvgIpc) is 3.15. The maximum atomic E-state index is 11.4. The number of aliphatic carboxylic acids is 1. The Labute approximate surface area is 112 Å². The maximum Gasteiger partial charge on any atom is 0.325 e. The van der Waals surface area contributed by atoms with E-state index in [0.717, 1.165) is 24.2 Å². The fourth-order valence-corrected chi connectivity index (χ4v) is 2.82. The van der Waals surface area contributed by atoms with Crippen molar-refractivity contribution in [3.63, 3.8) is 0 Å². The topological polar surface area (TPSA) is 40.5 Å². The lowest BCUT2D eigenvalue weighted by molar-refractivity contribution is -0.143. The Balaban J connectivity index is 2.17. The van der Waals surface area contributed by atoms with Crippen LogP contribution in [-0.2, 0) is 4.79 Å². The molecule has 0 heterocycles. The summed E-state index contributed by atoms with van der Waals surface area (Å²) in [6, 6.07) is 7.83. The Kier molecular flexibility index (Phi) is 4.30. The van der Waals surface area contributed by atoms with Crippen LogP contribution in [0.3, 0.4) is 0 Å². The van der Waals surface area contributed by atoms with Crippen molar-refractivity contribution in [3.8, 4) is 0 Å². The molecule has 1 N–H and O–H groups in total. The largest absolute Gasteiger partial charge is 0.480 e. The van der Waals surface area contributed by atoms with E-state index < -0.39 is 12.0 Å². The van der Waals surface area contributed by atoms with Gasteiger partial charge in [-0.05, 0) is 43.3 Å². The predicted molar refractivity (Wildman–Crippen MR) is 74.0 cm³/mol. The fourth-order valence-electron chi connectivity index (χ4n) is 2.16. The molecular weight excluding hydrogens is 246 g/mol. The van der Waals surface area contributed by atoms with Crippen LogP contribution in [0, 0.1) is 0 Å². The Morgan fingerprint density at radius 1 is 1.44 bits per heavy atom. The highest BCUT2D eigenvalue weighted by Gasteiger charge is 2.35. The van der Waals surface area contributed by atoms with Gasteiger partial charge in [-0.3, -0.25) is 9.69 Å². The van der Waals surface area contributed by atoms with Crippen molar-refractivity contribution in [2.24, 2.45) is 0 Å². The van der Waals surface area contributed by atoms with E-state index in [0.29, 0.717) is 6.04 Å². The molecule has 0 spiro atoms. The van der Waals surface area contributed by atoms with Gasteiger partial charge in [0.05, 0.1) is 0 Å². The van der Waals surface area contributed by atoms with E-state index in [1.54, 1.807) is 11.8 Å². The molecule has 0 amide bonds. The highest BCUT2D eigenvalue weighted by atomic mass is 32.2. The summed E-state index contributed by atoms with van der Waals surface area (Å²) < 4.78 is 0. The summed E-state index contributed by atoms with van der Waals surface area (Å²) in [5.41, 5.74) is 0.873. The van der Waals surface area contributed by atoms with Gasteiger partial charge in [0.25, 0.3) is 0 Å². The molecule has 1 fully saturated rings. The molecule has 98 valence electrons. The third-order valence-corrected chi connectivity index (χ3v) is 4.17. The molecule has 0 aliphatic heterocycles. The Morgan fingerprint density at radius 2 is 2.06 bits per heavy atom. The monoisotopic (exact) mass is 265 g/mol. The molecule has 1 aliphatic rings. The van der Waals surface area contributed by atoms with Gasteiger partial charge in [-0.15, -0.1) is 11.8 Å². The molecule has 2 rings (SSSR count). The van der Waals surface area contributed by atoms with E-state index in [-0.39, 0.29) is 0 Å². The number of hydrogen-bond acceptors (Lipinski definition) is 3. The van der Waals surface area contributed by atoms with Gasteiger partial charge in [-0.25, -0.2) is 0 Å². The summed E-state index contributed by atoms with van der Waals surface area (Å²) in [4.78, 5) is 14.6. The van der Waals surface area contributed by atoms with Crippen LogP contribution in [0.4, 0.5) is 0 Å². The number of carboxylic acids is 1. The second-order valence-corrected chi connectivity index (χ2v) is 5.98. The molecule has 4 heteroatoms. The molecule has 18 heavy (non-hydrogen) atoms. The minimum atomic E-state index is -0.764. The summed E-state index contributed by atoms with van der Waals surface area (Å²) in [6.07, 6.45) is 2.23. The standard InChI is InChI=1S/C14H19NO2S/c1-3-18-12-8-4-10(5-9-12)13(14(16)17)15(2)11-6-7-11/h4-5,8-9,11,13H,3,6-7H2,1-2H3,(H,16,17). The zero-order chi connectivity index (χ0) is 13.1. The lowest BCUT2D eigenvalue weighted by atomic mass is 10.1. The normalized spacial score (nSPS) is 16.8. The number of hydrogen-bond donors (Lipinski definition) is 1. The molecule has 1 aromatic rings. The van der Waals surface area contributed by atoms with Crippen LogP contribution in [0.25, 0.3) is 0 Å². The van der Waals surface area contributed by atoms with Gasteiger partial charge in [0.1, 0.15) is 6.04 Å². The summed E-state index contributed by atoms with van der Waals surface area (Å²) in [6.45, 7) is 2.11. The van der Waals surface area contributed by atoms with E-state index in [9.17, 15) is 9.90 Å². The van der Waals surface area contributed by atoms with Crippen molar-refractivity contribution in [2.75, 3.05) is 12.8 Å². The zero-order valence-corrected chi connectivity index (χ0v) is 11.6. The zero-order valence-electron chi connectivity index (χ0n) is 10.8. The van der Waals surface area contributed by atoms with Crippen molar-refractivity contribution in [3.05, 3.63) is 29.8 Å². The van der Waals surface area contributed by atoms with Crippen LogP contribution in [0.1, 0.15) is 31.4 Å². The van der Waals surface area contributed by atoms with Gasteiger partial charge in [0.15, 0.2) is 0 Å². The second-order valence-electron chi connectivity index (χ2n) is 4.64. The minimum Gasteiger partial charge on any atom is -0.480 e. The Morgan fingerprint density at radius 3 is 2.50 bits per heavy atom. The van der Waals surface area contributed by atoms with E-state index in [4.69, 9.17) is 0 Å². The molecule has 1 aliphatic carbocycles. The van der Waals surface area contributed by atoms with Gasteiger partial charge in [-0.2, -0.15) is 0 Å². The maximum absolute atomic E-state index is 11.4. The van der Waals surface area contributed by atoms with Crippen molar-refractivity contribution in [1.29, 1.82) is 0 Å². The van der Waals surface area contributed by atoms with Crippen LogP contribution < -0.4 is 0 Å². The molecule has 0 radical (unpaired) electrons. The SMILES string of the molecule is CCSc1ccc(C(C(=O)O)N(C)C2CC2)cc1. The number of likely N-dealkylation sites (N-methyl/N-ethyl adjacent to an activating group) is 1. The van der Waals surface area contributed by atoms with Crippen LogP contribution in [0.5, 0.6) is 0 Å². The second kappa shape index (κ2) is 5.76. The summed E-state index contributed by atoms with van der Waals surface area (Å²) in [7, 11) is 1.91. The molecule has 1 saturated carbocycles. The average molecular weight is 265 g/mol. The fraction of sp³-hybridized carbons (Fsp3) is 0.500. The number of nitrogens with zero attached hydrogens (tertiary/aromatic N) is 1. The highest BCUT2D eigenvalue weighted by molar-refractivity contribution is 7.99. The molecule has 1 unspecified atom stereocenters. The molecule has 0 saturated heterocycles. The number of benzene rings is 1. The first-order chi connectivity index (χ1) is 8.63. The van der Waals surface area contributed by atoms with Gasteiger partial charge in [0, 0.05) is 10.9 Å². The van der Waals surface area contributed by atoms with Gasteiger partial charge in [-0.1, -0.05) is 19.1 Å². The van der Waals surface area contributed by atoms with E-state index in [2.05, 4.69) is 6.92 Å². The quantitative estimate of drug-likeness (QED) is 0.803. The molecule has 0 bridgehead atoms.